The van der Waals surface area contributed by atoms with Gasteiger partial charge in [0.25, 0.3) is 0 Å². The lowest BCUT2D eigenvalue weighted by atomic mass is 10.2. The molecule has 16 heavy (non-hydrogen) atoms. The van der Waals surface area contributed by atoms with Crippen LogP contribution in [0, 0.1) is 5.82 Å². The van der Waals surface area contributed by atoms with Gasteiger partial charge in [-0.3, -0.25) is 0 Å². The molecule has 1 nitrogen and oxygen atoms in total. The second-order valence-electron chi connectivity index (χ2n) is 4.02. The molecule has 0 spiro atoms. The smallest absolute Gasteiger partial charge is 0.124 e. The predicted octanol–water partition coefficient (Wildman–Crippen LogP) is 3.69. The van der Waals surface area contributed by atoms with E-state index in [2.05, 4.69) is 26.1 Å². The van der Waals surface area contributed by atoms with Gasteiger partial charge in [0.2, 0.25) is 0 Å². The van der Waals surface area contributed by atoms with Gasteiger partial charge in [0, 0.05) is 16.2 Å². The maximum atomic E-state index is 13.0. The van der Waals surface area contributed by atoms with Crippen molar-refractivity contribution in [3.63, 3.8) is 0 Å². The Hall–Kier alpha value is -0.540. The van der Waals surface area contributed by atoms with Crippen molar-refractivity contribution in [2.75, 3.05) is 6.54 Å². The highest BCUT2D eigenvalue weighted by molar-refractivity contribution is 8.00. The molecule has 0 heterocycles. The average molecular weight is 241 g/mol. The zero-order chi connectivity index (χ0) is 12.0. The number of rotatable bonds is 6. The summed E-state index contributed by atoms with van der Waals surface area (Å²) in [6.45, 7) is 7.54. The fourth-order valence-electron chi connectivity index (χ4n) is 1.39. The van der Waals surface area contributed by atoms with E-state index in [-0.39, 0.29) is 5.82 Å². The molecule has 2 atom stereocenters. The van der Waals surface area contributed by atoms with Crippen LogP contribution < -0.4 is 5.32 Å². The molecule has 0 bridgehead atoms. The molecule has 0 fully saturated rings. The molecule has 0 aliphatic carbocycles. The van der Waals surface area contributed by atoms with E-state index in [0.29, 0.717) is 11.3 Å². The number of nitrogens with one attached hydrogen (secondary N) is 1. The molecule has 0 aromatic heterocycles. The molecule has 2 unspecified atom stereocenters. The van der Waals surface area contributed by atoms with Gasteiger partial charge in [-0.15, -0.1) is 11.8 Å². The zero-order valence-electron chi connectivity index (χ0n) is 10.2. The summed E-state index contributed by atoms with van der Waals surface area (Å²) < 4.78 is 13.0. The largest absolute Gasteiger partial charge is 0.313 e. The van der Waals surface area contributed by atoms with Crippen LogP contribution in [0.3, 0.4) is 0 Å². The summed E-state index contributed by atoms with van der Waals surface area (Å²) in [7, 11) is 0. The highest BCUT2D eigenvalue weighted by Crippen LogP contribution is 2.25. The van der Waals surface area contributed by atoms with Crippen molar-refractivity contribution in [2.24, 2.45) is 0 Å². The molecule has 3 heteroatoms. The molecule has 0 saturated heterocycles. The van der Waals surface area contributed by atoms with Gasteiger partial charge in [-0.2, -0.15) is 0 Å². The van der Waals surface area contributed by atoms with Crippen molar-refractivity contribution in [3.8, 4) is 0 Å². The monoisotopic (exact) mass is 241 g/mol. The molecular weight excluding hydrogens is 221 g/mol. The maximum absolute atomic E-state index is 13.0. The Morgan fingerprint density at radius 1 is 1.38 bits per heavy atom. The van der Waals surface area contributed by atoms with Gasteiger partial charge in [0.1, 0.15) is 5.82 Å². The topological polar surface area (TPSA) is 12.0 Å². The van der Waals surface area contributed by atoms with Gasteiger partial charge in [0.15, 0.2) is 0 Å². The summed E-state index contributed by atoms with van der Waals surface area (Å²) >= 11 is 1.71. The van der Waals surface area contributed by atoms with Crippen molar-refractivity contribution in [1.82, 2.24) is 5.32 Å². The van der Waals surface area contributed by atoms with Gasteiger partial charge in [0.05, 0.1) is 0 Å². The molecule has 90 valence electrons. The van der Waals surface area contributed by atoms with E-state index in [9.17, 15) is 4.39 Å². The van der Waals surface area contributed by atoms with E-state index in [4.69, 9.17) is 0 Å². The fourth-order valence-corrected chi connectivity index (χ4v) is 2.46. The summed E-state index contributed by atoms with van der Waals surface area (Å²) in [5.41, 5.74) is 0. The molecule has 1 N–H and O–H groups in total. The number of thioether (sulfide) groups is 1. The van der Waals surface area contributed by atoms with Gasteiger partial charge in [-0.25, -0.2) is 4.39 Å². The highest BCUT2D eigenvalue weighted by Gasteiger charge is 2.12. The van der Waals surface area contributed by atoms with Crippen LogP contribution in [0.5, 0.6) is 0 Å². The number of hydrogen-bond acceptors (Lipinski definition) is 2. The van der Waals surface area contributed by atoms with Crippen LogP contribution in [0.1, 0.15) is 27.2 Å². The average Bonchev–Trinajstić information content (AvgIpc) is 2.25. The summed E-state index contributed by atoms with van der Waals surface area (Å²) in [6, 6.07) is 7.22. The Kier molecular flexibility index (Phi) is 5.85. The van der Waals surface area contributed by atoms with Crippen LogP contribution in [0.25, 0.3) is 0 Å². The van der Waals surface area contributed by atoms with E-state index in [1.165, 1.54) is 6.07 Å². The van der Waals surface area contributed by atoms with Crippen molar-refractivity contribution < 1.29 is 4.39 Å². The van der Waals surface area contributed by atoms with Gasteiger partial charge in [-0.05, 0) is 38.1 Å². The SMILES string of the molecule is CCCNC(C)C(C)Sc1cccc(F)c1. The first-order valence-electron chi connectivity index (χ1n) is 5.79. The number of hydrogen-bond donors (Lipinski definition) is 1. The third-order valence-electron chi connectivity index (χ3n) is 2.54. The third kappa shape index (κ3) is 4.54. The minimum Gasteiger partial charge on any atom is -0.313 e. The normalized spacial score (nSPS) is 14.8. The van der Waals surface area contributed by atoms with Crippen LogP contribution in [-0.4, -0.2) is 17.8 Å². The van der Waals surface area contributed by atoms with E-state index in [1.807, 2.05) is 6.07 Å². The second kappa shape index (κ2) is 6.92. The summed E-state index contributed by atoms with van der Waals surface area (Å²) in [6.07, 6.45) is 1.14. The first kappa shape index (κ1) is 13.5. The fraction of sp³-hybridized carbons (Fsp3) is 0.538. The Labute approximate surface area is 102 Å². The zero-order valence-corrected chi connectivity index (χ0v) is 11.0. The lowest BCUT2D eigenvalue weighted by molar-refractivity contribution is 0.542. The third-order valence-corrected chi connectivity index (χ3v) is 3.84. The first-order valence-corrected chi connectivity index (χ1v) is 6.67. The van der Waals surface area contributed by atoms with Crippen molar-refractivity contribution in [2.45, 2.75) is 43.4 Å². The number of halogens is 1. The van der Waals surface area contributed by atoms with Crippen LogP contribution in [0.2, 0.25) is 0 Å². The molecule has 1 rings (SSSR count). The van der Waals surface area contributed by atoms with E-state index in [0.717, 1.165) is 17.9 Å². The number of benzene rings is 1. The van der Waals surface area contributed by atoms with E-state index >= 15 is 0 Å². The summed E-state index contributed by atoms with van der Waals surface area (Å²) in [5, 5.41) is 3.89. The van der Waals surface area contributed by atoms with Gasteiger partial charge >= 0.3 is 0 Å². The summed E-state index contributed by atoms with van der Waals surface area (Å²) in [5.74, 6) is -0.161. The van der Waals surface area contributed by atoms with Crippen LogP contribution in [0.15, 0.2) is 29.2 Å². The standard InChI is InChI=1S/C13H20FNS/c1-4-8-15-10(2)11(3)16-13-7-5-6-12(14)9-13/h5-7,9-11,15H,4,8H2,1-3H3. The van der Waals surface area contributed by atoms with Gasteiger partial charge < -0.3 is 5.32 Å². The lowest BCUT2D eigenvalue weighted by Gasteiger charge is -2.20. The lowest BCUT2D eigenvalue weighted by Crippen LogP contribution is -2.34. The van der Waals surface area contributed by atoms with Gasteiger partial charge in [-0.1, -0.05) is 19.9 Å². The molecular formula is C13H20FNS. The van der Waals surface area contributed by atoms with Crippen molar-refractivity contribution in [1.29, 1.82) is 0 Å². The molecule has 0 amide bonds. The Morgan fingerprint density at radius 3 is 2.75 bits per heavy atom. The van der Waals surface area contributed by atoms with Crippen LogP contribution >= 0.6 is 11.8 Å². The second-order valence-corrected chi connectivity index (χ2v) is 5.47. The maximum Gasteiger partial charge on any atom is 0.124 e. The van der Waals surface area contributed by atoms with E-state index < -0.39 is 0 Å². The highest BCUT2D eigenvalue weighted by atomic mass is 32.2. The minimum absolute atomic E-state index is 0.161. The molecule has 0 saturated carbocycles. The van der Waals surface area contributed by atoms with Crippen molar-refractivity contribution in [3.05, 3.63) is 30.1 Å². The Balaban J connectivity index is 2.47. The quantitative estimate of drug-likeness (QED) is 0.762. The predicted molar refractivity (Wildman–Crippen MR) is 69.5 cm³/mol. The molecule has 0 aliphatic heterocycles. The minimum atomic E-state index is -0.161. The molecule has 1 aromatic rings. The van der Waals surface area contributed by atoms with Crippen LogP contribution in [-0.2, 0) is 0 Å². The molecule has 1 aromatic carbocycles. The van der Waals surface area contributed by atoms with Crippen LogP contribution in [0.4, 0.5) is 4.39 Å². The van der Waals surface area contributed by atoms with Crippen molar-refractivity contribution >= 4 is 11.8 Å². The van der Waals surface area contributed by atoms with E-state index in [1.54, 1.807) is 23.9 Å². The Morgan fingerprint density at radius 2 is 2.12 bits per heavy atom. The summed E-state index contributed by atoms with van der Waals surface area (Å²) in [4.78, 5) is 0.998. The molecule has 0 radical (unpaired) electrons. The first-order chi connectivity index (χ1) is 7.63. The Bertz CT molecular complexity index is 317. The molecule has 0 aliphatic rings.